The summed E-state index contributed by atoms with van der Waals surface area (Å²) >= 11 is 9.46. The third-order valence-electron chi connectivity index (χ3n) is 4.63. The van der Waals surface area contributed by atoms with E-state index in [2.05, 4.69) is 36.6 Å². The van der Waals surface area contributed by atoms with Gasteiger partial charge >= 0.3 is 0 Å². The standard InChI is InChI=1S/C20H17BrClN5O2/c1-11-17(19(28)26-14-6-4-13(22)5-7-14)18(27-20(25-11)23-10-24-27)12-3-8-16(29-2)15(21)9-12/h3-10,18H,1-2H3,(H,26,28)(H,23,24,25)/t18-/m0/s1. The van der Waals surface area contributed by atoms with Crippen LogP contribution in [0.5, 0.6) is 5.75 Å². The van der Waals surface area contributed by atoms with E-state index in [1.807, 2.05) is 25.1 Å². The van der Waals surface area contributed by atoms with Gasteiger partial charge in [0.1, 0.15) is 18.1 Å². The number of methoxy groups -OCH3 is 1. The number of aromatic nitrogens is 3. The van der Waals surface area contributed by atoms with E-state index in [0.717, 1.165) is 10.0 Å². The molecular formula is C20H17BrClN5O2. The lowest BCUT2D eigenvalue weighted by atomic mass is 9.95. The first-order valence-corrected chi connectivity index (χ1v) is 9.92. The normalized spacial score (nSPS) is 15.5. The van der Waals surface area contributed by atoms with Crippen molar-refractivity contribution in [1.29, 1.82) is 0 Å². The second-order valence-corrected chi connectivity index (χ2v) is 7.74. The first-order chi connectivity index (χ1) is 14.0. The van der Waals surface area contributed by atoms with Gasteiger partial charge in [0.05, 0.1) is 17.2 Å². The van der Waals surface area contributed by atoms with Crippen molar-refractivity contribution in [3.8, 4) is 5.75 Å². The first kappa shape index (κ1) is 19.5. The van der Waals surface area contributed by atoms with Gasteiger partial charge < -0.3 is 15.4 Å². The zero-order valence-corrected chi connectivity index (χ0v) is 18.0. The molecule has 0 fully saturated rings. The van der Waals surface area contributed by atoms with E-state index in [0.29, 0.717) is 33.7 Å². The summed E-state index contributed by atoms with van der Waals surface area (Å²) in [5.41, 5.74) is 2.76. The number of hydrogen-bond acceptors (Lipinski definition) is 5. The third kappa shape index (κ3) is 3.73. The van der Waals surface area contributed by atoms with Crippen LogP contribution in [0.4, 0.5) is 11.6 Å². The molecule has 2 heterocycles. The molecule has 0 bridgehead atoms. The van der Waals surface area contributed by atoms with Crippen molar-refractivity contribution in [1.82, 2.24) is 14.8 Å². The highest BCUT2D eigenvalue weighted by atomic mass is 79.9. The number of allylic oxidation sites excluding steroid dienone is 1. The number of carbonyl (C=O) groups excluding carboxylic acids is 1. The summed E-state index contributed by atoms with van der Waals surface area (Å²) in [7, 11) is 1.61. The van der Waals surface area contributed by atoms with Crippen LogP contribution in [0.25, 0.3) is 0 Å². The van der Waals surface area contributed by atoms with Crippen LogP contribution in [-0.2, 0) is 4.79 Å². The average Bonchev–Trinajstić information content (AvgIpc) is 3.16. The van der Waals surface area contributed by atoms with Crippen molar-refractivity contribution in [2.75, 3.05) is 17.7 Å². The molecule has 1 amide bonds. The summed E-state index contributed by atoms with van der Waals surface area (Å²) in [5, 5.41) is 11.0. The molecule has 2 aromatic carbocycles. The highest BCUT2D eigenvalue weighted by molar-refractivity contribution is 9.10. The van der Waals surface area contributed by atoms with Crippen molar-refractivity contribution in [2.24, 2.45) is 0 Å². The van der Waals surface area contributed by atoms with Gasteiger partial charge in [-0.05, 0) is 64.8 Å². The summed E-state index contributed by atoms with van der Waals surface area (Å²) < 4.78 is 7.81. The Morgan fingerprint density at radius 1 is 1.28 bits per heavy atom. The molecule has 0 saturated carbocycles. The minimum Gasteiger partial charge on any atom is -0.496 e. The Bertz CT molecular complexity index is 1110. The van der Waals surface area contributed by atoms with Gasteiger partial charge in [0, 0.05) is 16.4 Å². The van der Waals surface area contributed by atoms with E-state index in [1.165, 1.54) is 6.33 Å². The lowest BCUT2D eigenvalue weighted by Crippen LogP contribution is -2.31. The molecule has 0 aliphatic carbocycles. The number of nitrogens with one attached hydrogen (secondary N) is 2. The Labute approximate surface area is 180 Å². The number of rotatable bonds is 4. The predicted molar refractivity (Wildman–Crippen MR) is 115 cm³/mol. The average molecular weight is 475 g/mol. The molecule has 4 rings (SSSR count). The predicted octanol–water partition coefficient (Wildman–Crippen LogP) is 4.63. The number of nitrogens with zero attached hydrogens (tertiary/aromatic N) is 3. The number of ether oxygens (including phenoxy) is 1. The van der Waals surface area contributed by atoms with Gasteiger partial charge in [-0.15, -0.1) is 0 Å². The number of benzene rings is 2. The summed E-state index contributed by atoms with van der Waals surface area (Å²) in [4.78, 5) is 17.5. The van der Waals surface area contributed by atoms with Crippen molar-refractivity contribution in [3.63, 3.8) is 0 Å². The van der Waals surface area contributed by atoms with E-state index in [-0.39, 0.29) is 5.91 Å². The van der Waals surface area contributed by atoms with Gasteiger partial charge in [0.15, 0.2) is 0 Å². The van der Waals surface area contributed by atoms with Gasteiger partial charge in [0.25, 0.3) is 5.91 Å². The Hall–Kier alpha value is -2.84. The Kier molecular flexibility index (Phi) is 5.29. The molecule has 1 aliphatic heterocycles. The summed E-state index contributed by atoms with van der Waals surface area (Å²) in [6.45, 7) is 1.85. The molecule has 1 aliphatic rings. The van der Waals surface area contributed by atoms with Crippen LogP contribution >= 0.6 is 27.5 Å². The van der Waals surface area contributed by atoms with Crippen LogP contribution in [-0.4, -0.2) is 27.8 Å². The van der Waals surface area contributed by atoms with Gasteiger partial charge in [-0.25, -0.2) is 4.68 Å². The Morgan fingerprint density at radius 2 is 2.03 bits per heavy atom. The van der Waals surface area contributed by atoms with Crippen LogP contribution in [0, 0.1) is 0 Å². The molecule has 1 aromatic heterocycles. The summed E-state index contributed by atoms with van der Waals surface area (Å²) in [5.74, 6) is 1.03. The second-order valence-electron chi connectivity index (χ2n) is 6.45. The zero-order valence-electron chi connectivity index (χ0n) is 15.6. The SMILES string of the molecule is COc1ccc([C@H]2C(C(=O)Nc3ccc(Cl)cc3)=C(C)Nc3ncnn32)cc1Br. The Morgan fingerprint density at radius 3 is 2.72 bits per heavy atom. The monoisotopic (exact) mass is 473 g/mol. The van der Waals surface area contributed by atoms with E-state index in [4.69, 9.17) is 16.3 Å². The fraction of sp³-hybridized carbons (Fsp3) is 0.150. The first-order valence-electron chi connectivity index (χ1n) is 8.75. The fourth-order valence-corrected chi connectivity index (χ4v) is 3.96. The lowest BCUT2D eigenvalue weighted by molar-refractivity contribution is -0.113. The van der Waals surface area contributed by atoms with Gasteiger partial charge in [-0.2, -0.15) is 10.1 Å². The molecule has 9 heteroatoms. The second kappa shape index (κ2) is 7.88. The van der Waals surface area contributed by atoms with Crippen LogP contribution in [0.1, 0.15) is 18.5 Å². The molecule has 2 N–H and O–H groups in total. The molecule has 1 atom stereocenters. The highest BCUT2D eigenvalue weighted by Gasteiger charge is 2.33. The quantitative estimate of drug-likeness (QED) is 0.576. The van der Waals surface area contributed by atoms with Gasteiger partial charge in [-0.3, -0.25) is 4.79 Å². The maximum atomic E-state index is 13.2. The minimum absolute atomic E-state index is 0.240. The van der Waals surface area contributed by atoms with Crippen LogP contribution in [0.2, 0.25) is 5.02 Å². The summed E-state index contributed by atoms with van der Waals surface area (Å²) in [6, 6.07) is 12.2. The molecule has 0 radical (unpaired) electrons. The van der Waals surface area contributed by atoms with Crippen LogP contribution < -0.4 is 15.4 Å². The molecule has 29 heavy (non-hydrogen) atoms. The molecule has 7 nitrogen and oxygen atoms in total. The number of anilines is 2. The van der Waals surface area contributed by atoms with E-state index < -0.39 is 6.04 Å². The minimum atomic E-state index is -0.455. The maximum Gasteiger partial charge on any atom is 0.255 e. The van der Waals surface area contributed by atoms with Crippen molar-refractivity contribution in [2.45, 2.75) is 13.0 Å². The van der Waals surface area contributed by atoms with Gasteiger partial charge in [-0.1, -0.05) is 17.7 Å². The number of fused-ring (bicyclic) bond motifs is 1. The largest absolute Gasteiger partial charge is 0.496 e. The van der Waals surface area contributed by atoms with Crippen molar-refractivity contribution >= 4 is 45.1 Å². The number of carbonyl (C=O) groups is 1. The molecule has 0 unspecified atom stereocenters. The molecule has 3 aromatic rings. The lowest BCUT2D eigenvalue weighted by Gasteiger charge is -2.29. The molecule has 0 saturated heterocycles. The van der Waals surface area contributed by atoms with Crippen LogP contribution in [0.3, 0.4) is 0 Å². The van der Waals surface area contributed by atoms with Gasteiger partial charge in [0.2, 0.25) is 5.95 Å². The Balaban J connectivity index is 1.76. The molecule has 148 valence electrons. The maximum absolute atomic E-state index is 13.2. The van der Waals surface area contributed by atoms with Crippen LogP contribution in [0.15, 0.2) is 64.5 Å². The smallest absolute Gasteiger partial charge is 0.255 e. The zero-order chi connectivity index (χ0) is 20.5. The topological polar surface area (TPSA) is 81.1 Å². The van der Waals surface area contributed by atoms with Crippen molar-refractivity contribution in [3.05, 3.63) is 75.1 Å². The number of halogens is 2. The molecule has 0 spiro atoms. The molecular weight excluding hydrogens is 458 g/mol. The number of amides is 1. The van der Waals surface area contributed by atoms with Crippen molar-refractivity contribution < 1.29 is 9.53 Å². The highest BCUT2D eigenvalue weighted by Crippen LogP contribution is 2.38. The van der Waals surface area contributed by atoms with E-state index >= 15 is 0 Å². The summed E-state index contributed by atoms with van der Waals surface area (Å²) in [6.07, 6.45) is 1.46. The third-order valence-corrected chi connectivity index (χ3v) is 5.50. The van der Waals surface area contributed by atoms with E-state index in [9.17, 15) is 4.79 Å². The fourth-order valence-electron chi connectivity index (χ4n) is 3.28. The number of hydrogen-bond donors (Lipinski definition) is 2. The van der Waals surface area contributed by atoms with E-state index in [1.54, 1.807) is 36.1 Å².